The third-order valence-electron chi connectivity index (χ3n) is 5.64. The number of hydrogen-bond acceptors (Lipinski definition) is 6. The molecule has 0 fully saturated rings. The molecule has 194 valence electrons. The Morgan fingerprint density at radius 2 is 1.08 bits per heavy atom. The SMILES string of the molecule is CC(C)(C)OC(=O)N[C@@H](c1ccccc1)C(C)(C(=O)OCc1ccccc1)C(=O)OCc1ccccc1. The minimum absolute atomic E-state index is 0.0465. The van der Waals surface area contributed by atoms with Crippen LogP contribution >= 0.6 is 0 Å². The highest BCUT2D eigenvalue weighted by atomic mass is 16.6. The van der Waals surface area contributed by atoms with Gasteiger partial charge in [0.25, 0.3) is 0 Å². The molecule has 3 rings (SSSR count). The fourth-order valence-electron chi connectivity index (χ4n) is 3.70. The summed E-state index contributed by atoms with van der Waals surface area (Å²) in [4.78, 5) is 40.2. The van der Waals surface area contributed by atoms with E-state index in [0.29, 0.717) is 5.56 Å². The number of esters is 2. The Morgan fingerprint density at radius 1 is 0.676 bits per heavy atom. The van der Waals surface area contributed by atoms with Crippen molar-refractivity contribution in [2.45, 2.75) is 52.6 Å². The molecule has 37 heavy (non-hydrogen) atoms. The molecule has 0 unspecified atom stereocenters. The molecule has 0 aliphatic carbocycles. The lowest BCUT2D eigenvalue weighted by atomic mass is 9.78. The second-order valence-corrected chi connectivity index (χ2v) is 9.82. The molecule has 0 saturated heterocycles. The van der Waals surface area contributed by atoms with Gasteiger partial charge in [0.15, 0.2) is 5.41 Å². The Hall–Kier alpha value is -4.13. The van der Waals surface area contributed by atoms with Crippen molar-refractivity contribution in [1.29, 1.82) is 0 Å². The summed E-state index contributed by atoms with van der Waals surface area (Å²) in [6, 6.07) is 25.9. The molecule has 7 heteroatoms. The van der Waals surface area contributed by atoms with E-state index in [0.717, 1.165) is 11.1 Å². The molecule has 0 aliphatic rings. The van der Waals surface area contributed by atoms with Crippen LogP contribution in [0.2, 0.25) is 0 Å². The van der Waals surface area contributed by atoms with Gasteiger partial charge in [0.2, 0.25) is 0 Å². The number of carbonyl (C=O) groups is 3. The second kappa shape index (κ2) is 12.2. The van der Waals surface area contributed by atoms with E-state index in [1.807, 2.05) is 60.7 Å². The van der Waals surface area contributed by atoms with Gasteiger partial charge in [0.1, 0.15) is 18.8 Å². The van der Waals surface area contributed by atoms with Crippen LogP contribution in [0.15, 0.2) is 91.0 Å². The molecule has 1 amide bonds. The van der Waals surface area contributed by atoms with Gasteiger partial charge in [-0.25, -0.2) is 4.79 Å². The maximum atomic E-state index is 13.7. The molecule has 0 radical (unpaired) electrons. The number of rotatable bonds is 9. The molecule has 0 aromatic heterocycles. The summed E-state index contributed by atoms with van der Waals surface area (Å²) in [5, 5.41) is 2.73. The zero-order valence-corrected chi connectivity index (χ0v) is 21.6. The quantitative estimate of drug-likeness (QED) is 0.227. The number of carbonyl (C=O) groups excluding carboxylic acids is 3. The summed E-state index contributed by atoms with van der Waals surface area (Å²) in [5.41, 5.74) is -0.686. The first kappa shape index (κ1) is 27.5. The van der Waals surface area contributed by atoms with E-state index in [2.05, 4.69) is 5.32 Å². The van der Waals surface area contributed by atoms with Gasteiger partial charge in [-0.2, -0.15) is 0 Å². The smallest absolute Gasteiger partial charge is 0.408 e. The first-order chi connectivity index (χ1) is 17.6. The van der Waals surface area contributed by atoms with Gasteiger partial charge < -0.3 is 19.5 Å². The van der Waals surface area contributed by atoms with Gasteiger partial charge >= 0.3 is 18.0 Å². The predicted molar refractivity (Wildman–Crippen MR) is 139 cm³/mol. The summed E-state index contributed by atoms with van der Waals surface area (Å²) in [6.45, 7) is 6.51. The highest BCUT2D eigenvalue weighted by Gasteiger charge is 2.53. The number of benzene rings is 3. The Kier molecular flexibility index (Phi) is 9.06. The van der Waals surface area contributed by atoms with Gasteiger partial charge in [-0.1, -0.05) is 91.0 Å². The largest absolute Gasteiger partial charge is 0.460 e. The van der Waals surface area contributed by atoms with E-state index in [4.69, 9.17) is 14.2 Å². The number of alkyl carbamates (subject to hydrolysis) is 1. The van der Waals surface area contributed by atoms with Crippen LogP contribution in [0.3, 0.4) is 0 Å². The Morgan fingerprint density at radius 3 is 1.49 bits per heavy atom. The standard InChI is InChI=1S/C30H33NO6/c1-29(2,3)37-28(34)31-25(24-18-12-7-13-19-24)30(4,26(32)35-20-22-14-8-5-9-15-22)27(33)36-21-23-16-10-6-11-17-23/h5-19,25H,20-21H2,1-4H3,(H,31,34)/t25-/m0/s1. The van der Waals surface area contributed by atoms with Gasteiger partial charge in [0.05, 0.1) is 6.04 Å². The highest BCUT2D eigenvalue weighted by molar-refractivity contribution is 6.01. The maximum absolute atomic E-state index is 13.7. The minimum Gasteiger partial charge on any atom is -0.460 e. The van der Waals surface area contributed by atoms with Crippen molar-refractivity contribution in [3.05, 3.63) is 108 Å². The normalized spacial score (nSPS) is 12.2. The summed E-state index contributed by atoms with van der Waals surface area (Å²) in [7, 11) is 0. The Bertz CT molecular complexity index is 1120. The van der Waals surface area contributed by atoms with E-state index in [1.165, 1.54) is 6.92 Å². The van der Waals surface area contributed by atoms with Crippen LogP contribution in [0.5, 0.6) is 0 Å². The molecule has 0 saturated carbocycles. The van der Waals surface area contributed by atoms with Crippen molar-refractivity contribution in [2.24, 2.45) is 5.41 Å². The molecule has 7 nitrogen and oxygen atoms in total. The lowest BCUT2D eigenvalue weighted by Gasteiger charge is -2.34. The highest BCUT2D eigenvalue weighted by Crippen LogP contribution is 2.37. The van der Waals surface area contributed by atoms with Crippen LogP contribution in [0, 0.1) is 5.41 Å². The van der Waals surface area contributed by atoms with E-state index in [9.17, 15) is 14.4 Å². The number of ether oxygens (including phenoxy) is 3. The van der Waals surface area contributed by atoms with Gasteiger partial charge in [0, 0.05) is 0 Å². The number of amides is 1. The van der Waals surface area contributed by atoms with Crippen molar-refractivity contribution in [1.82, 2.24) is 5.32 Å². The molecule has 0 bridgehead atoms. The van der Waals surface area contributed by atoms with E-state index >= 15 is 0 Å². The molecule has 0 heterocycles. The molecule has 3 aromatic rings. The first-order valence-corrected chi connectivity index (χ1v) is 12.1. The van der Waals surface area contributed by atoms with Crippen molar-refractivity contribution in [2.75, 3.05) is 0 Å². The number of nitrogens with one attached hydrogen (secondary N) is 1. The third kappa shape index (κ3) is 7.67. The molecule has 1 atom stereocenters. The van der Waals surface area contributed by atoms with Gasteiger partial charge in [-0.3, -0.25) is 9.59 Å². The average Bonchev–Trinajstić information content (AvgIpc) is 2.89. The van der Waals surface area contributed by atoms with Crippen LogP contribution in [-0.2, 0) is 37.0 Å². The van der Waals surface area contributed by atoms with Crippen LogP contribution in [-0.4, -0.2) is 23.6 Å². The average molecular weight is 504 g/mol. The Labute approximate surface area is 217 Å². The molecule has 0 aliphatic heterocycles. The number of hydrogen-bond donors (Lipinski definition) is 1. The van der Waals surface area contributed by atoms with Crippen molar-refractivity contribution in [3.63, 3.8) is 0 Å². The lowest BCUT2D eigenvalue weighted by molar-refractivity contribution is -0.175. The van der Waals surface area contributed by atoms with Crippen LogP contribution in [0.4, 0.5) is 4.79 Å². The molecule has 1 N–H and O–H groups in total. The van der Waals surface area contributed by atoms with E-state index in [-0.39, 0.29) is 13.2 Å². The molecular formula is C30H33NO6. The van der Waals surface area contributed by atoms with Crippen LogP contribution in [0.25, 0.3) is 0 Å². The van der Waals surface area contributed by atoms with Gasteiger partial charge in [-0.15, -0.1) is 0 Å². The predicted octanol–water partition coefficient (Wildman–Crippen LogP) is 5.75. The summed E-state index contributed by atoms with van der Waals surface area (Å²) in [5.74, 6) is -1.67. The first-order valence-electron chi connectivity index (χ1n) is 12.1. The van der Waals surface area contributed by atoms with E-state index < -0.39 is 35.1 Å². The summed E-state index contributed by atoms with van der Waals surface area (Å²) < 4.78 is 16.7. The molecule has 0 spiro atoms. The zero-order chi connectivity index (χ0) is 26.9. The van der Waals surface area contributed by atoms with Gasteiger partial charge in [-0.05, 0) is 44.4 Å². The minimum atomic E-state index is -1.93. The van der Waals surface area contributed by atoms with E-state index in [1.54, 1.807) is 51.1 Å². The Balaban J connectivity index is 1.96. The monoisotopic (exact) mass is 503 g/mol. The van der Waals surface area contributed by atoms with Crippen LogP contribution < -0.4 is 5.32 Å². The summed E-state index contributed by atoms with van der Waals surface area (Å²) in [6.07, 6.45) is -0.778. The second-order valence-electron chi connectivity index (χ2n) is 9.82. The lowest BCUT2D eigenvalue weighted by Crippen LogP contribution is -2.51. The fourth-order valence-corrected chi connectivity index (χ4v) is 3.70. The van der Waals surface area contributed by atoms with Crippen molar-refractivity contribution >= 4 is 18.0 Å². The van der Waals surface area contributed by atoms with Crippen molar-refractivity contribution < 1.29 is 28.6 Å². The third-order valence-corrected chi connectivity index (χ3v) is 5.64. The fraction of sp³-hybridized carbons (Fsp3) is 0.300. The van der Waals surface area contributed by atoms with Crippen LogP contribution in [0.1, 0.15) is 50.4 Å². The zero-order valence-electron chi connectivity index (χ0n) is 21.6. The molecular weight excluding hydrogens is 470 g/mol. The summed E-state index contributed by atoms with van der Waals surface area (Å²) >= 11 is 0. The molecule has 3 aromatic carbocycles. The maximum Gasteiger partial charge on any atom is 0.408 e. The van der Waals surface area contributed by atoms with Crippen molar-refractivity contribution in [3.8, 4) is 0 Å². The topological polar surface area (TPSA) is 90.9 Å².